The molecule has 0 bridgehead atoms. The minimum Gasteiger partial charge on any atom is -0.748 e. The Bertz CT molecular complexity index is 1680. The molecule has 222 valence electrons. The molecule has 2 heterocycles. The number of phenols is 2. The van der Waals surface area contributed by atoms with Gasteiger partial charge in [0, 0.05) is 59.0 Å². The van der Waals surface area contributed by atoms with Gasteiger partial charge in [-0.1, -0.05) is 19.9 Å². The second-order valence-electron chi connectivity index (χ2n) is 11.5. The van der Waals surface area contributed by atoms with E-state index in [9.17, 15) is 36.2 Å². The summed E-state index contributed by atoms with van der Waals surface area (Å²) in [6.45, 7) is 8.55. The molecule has 2 aliphatic heterocycles. The Labute approximate surface area is 290 Å². The smallest absolute Gasteiger partial charge is 0.748 e. The number of benzene rings is 2. The van der Waals surface area contributed by atoms with Crippen LogP contribution in [0.3, 0.4) is 0 Å². The van der Waals surface area contributed by atoms with Crippen LogP contribution in [-0.4, -0.2) is 71.0 Å². The molecule has 10 nitrogen and oxygen atoms in total. The summed E-state index contributed by atoms with van der Waals surface area (Å²) in [7, 11) is -8.75. The van der Waals surface area contributed by atoms with Crippen LogP contribution in [-0.2, 0) is 31.1 Å². The summed E-state index contributed by atoms with van der Waals surface area (Å²) in [6, 6.07) is 10.0. The second-order valence-corrected chi connectivity index (χ2v) is 14.5. The zero-order valence-electron chi connectivity index (χ0n) is 24.5. The Morgan fingerprint density at radius 2 is 1.43 bits per heavy atom. The quantitative estimate of drug-likeness (QED) is 0.215. The third-order valence-corrected chi connectivity index (χ3v) is 9.39. The first kappa shape index (κ1) is 34.9. The summed E-state index contributed by atoms with van der Waals surface area (Å²) in [6.07, 6.45) is 5.94. The Balaban J connectivity index is 0.00000484. The molecule has 0 spiro atoms. The molecule has 0 aliphatic carbocycles. The summed E-state index contributed by atoms with van der Waals surface area (Å²) in [4.78, 5) is 1.96. The predicted octanol–water partition coefficient (Wildman–Crippen LogP) is 0.587. The first-order valence-corrected chi connectivity index (χ1v) is 16.4. The third-order valence-electron chi connectivity index (χ3n) is 7.81. The van der Waals surface area contributed by atoms with Crippen LogP contribution < -0.4 is 56.3 Å². The number of anilines is 1. The molecule has 2 aromatic rings. The minimum absolute atomic E-state index is 0. The molecular formula is C29H35KN2O8S2. The molecule has 0 unspecified atom stereocenters. The number of aromatic hydroxyl groups is 2. The average molecular weight is 643 g/mol. The van der Waals surface area contributed by atoms with Crippen molar-refractivity contribution in [1.82, 2.24) is 0 Å². The number of hydrogen-bond acceptors (Lipinski definition) is 9. The number of rotatable bonds is 10. The Hall–Kier alpha value is -1.55. The summed E-state index contributed by atoms with van der Waals surface area (Å²) < 4.78 is 69.5. The number of hydrogen-bond donors (Lipinski definition) is 2. The predicted molar refractivity (Wildman–Crippen MR) is 155 cm³/mol. The number of nitrogens with zero attached hydrogens (tertiary/aromatic N) is 2. The second kappa shape index (κ2) is 12.8. The standard InChI is InChI=1S/C29H36N2O8S2.K/c1-28(2)22-18-20(32)10-12-24(22)30(14-6-16-40(34,35)36)26(28)8-5-9-27-29(3,4)23-19-21(33)11-13-25(23)31(27)15-7-17-41(37,38)39;/h5,8-13,18-19H,6-7,14-17H2,1-4H3,(H3-,32,33,34,35,36,37,38,39);/q;+1/p-1. The molecule has 0 aromatic heterocycles. The molecular weight excluding hydrogens is 608 g/mol. The maximum atomic E-state index is 11.3. The van der Waals surface area contributed by atoms with E-state index in [0.29, 0.717) is 0 Å². The number of fused-ring (bicyclic) bond motifs is 2. The fourth-order valence-electron chi connectivity index (χ4n) is 5.84. The Kier molecular flexibility index (Phi) is 10.7. The van der Waals surface area contributed by atoms with E-state index in [0.717, 1.165) is 33.9 Å². The van der Waals surface area contributed by atoms with Crippen molar-refractivity contribution in [2.75, 3.05) is 29.5 Å². The topological polar surface area (TPSA) is 161 Å². The van der Waals surface area contributed by atoms with Gasteiger partial charge in [-0.05, 0) is 62.2 Å². The molecule has 0 radical (unpaired) electrons. The molecule has 0 atom stereocenters. The van der Waals surface area contributed by atoms with Gasteiger partial charge in [0.15, 0.2) is 5.71 Å². The van der Waals surface area contributed by atoms with Gasteiger partial charge in [0.05, 0.1) is 25.7 Å². The van der Waals surface area contributed by atoms with Crippen molar-refractivity contribution in [2.24, 2.45) is 0 Å². The molecule has 42 heavy (non-hydrogen) atoms. The van der Waals surface area contributed by atoms with E-state index in [1.54, 1.807) is 36.4 Å². The van der Waals surface area contributed by atoms with E-state index < -0.39 is 42.6 Å². The summed E-state index contributed by atoms with van der Waals surface area (Å²) in [5.41, 5.74) is 3.92. The van der Waals surface area contributed by atoms with Crippen molar-refractivity contribution in [3.8, 4) is 11.5 Å². The zero-order chi connectivity index (χ0) is 30.4. The van der Waals surface area contributed by atoms with Crippen LogP contribution >= 0.6 is 0 Å². The summed E-state index contributed by atoms with van der Waals surface area (Å²) in [5.74, 6) is -0.774. The summed E-state index contributed by atoms with van der Waals surface area (Å²) in [5, 5.41) is 20.3. The van der Waals surface area contributed by atoms with E-state index in [2.05, 4.69) is 0 Å². The van der Waals surface area contributed by atoms with Crippen LogP contribution in [0, 0.1) is 0 Å². The van der Waals surface area contributed by atoms with Crippen LogP contribution in [0.5, 0.6) is 11.5 Å². The van der Waals surface area contributed by atoms with Crippen molar-refractivity contribution >= 4 is 37.3 Å². The molecule has 2 N–H and O–H groups in total. The molecule has 2 aliphatic rings. The molecule has 0 saturated carbocycles. The van der Waals surface area contributed by atoms with Crippen LogP contribution in [0.4, 0.5) is 11.4 Å². The SMILES string of the molecule is CC1(C)C(C=C/C=C2/N(CCCS(=O)(=O)[O-])c3ccc(O)cc3C2(C)C)=[N+](CCCS(=O)(=O)[O-])c2ccc(O)cc21.[K+]. The van der Waals surface area contributed by atoms with Crippen LogP contribution in [0.2, 0.25) is 0 Å². The van der Waals surface area contributed by atoms with Gasteiger partial charge in [0.25, 0.3) is 0 Å². The van der Waals surface area contributed by atoms with E-state index in [1.807, 2.05) is 55.4 Å². The monoisotopic (exact) mass is 642 g/mol. The largest absolute Gasteiger partial charge is 1.00 e. The molecule has 0 saturated heterocycles. The molecule has 0 fully saturated rings. The number of allylic oxidation sites excluding steroid dienone is 4. The van der Waals surface area contributed by atoms with Crippen molar-refractivity contribution in [1.29, 1.82) is 0 Å². The van der Waals surface area contributed by atoms with Gasteiger partial charge in [0.1, 0.15) is 18.0 Å². The van der Waals surface area contributed by atoms with E-state index >= 15 is 0 Å². The third kappa shape index (κ3) is 7.56. The fraction of sp³-hybridized carbons (Fsp3) is 0.414. The van der Waals surface area contributed by atoms with Gasteiger partial charge < -0.3 is 24.2 Å². The van der Waals surface area contributed by atoms with Gasteiger partial charge in [-0.2, -0.15) is 4.58 Å². The van der Waals surface area contributed by atoms with Gasteiger partial charge >= 0.3 is 51.4 Å². The molecule has 13 heteroatoms. The normalized spacial score (nSPS) is 18.4. The first-order chi connectivity index (χ1) is 18.9. The molecule has 0 amide bonds. The molecule has 2 aromatic carbocycles. The van der Waals surface area contributed by atoms with E-state index in [1.165, 1.54) is 0 Å². The van der Waals surface area contributed by atoms with Crippen LogP contribution in [0.15, 0.2) is 60.3 Å². The Morgan fingerprint density at radius 3 is 2.05 bits per heavy atom. The fourth-order valence-corrected chi connectivity index (χ4v) is 6.80. The number of phenolic OH excluding ortho intramolecular Hbond substituents is 2. The maximum Gasteiger partial charge on any atom is 1.00 e. The van der Waals surface area contributed by atoms with Crippen molar-refractivity contribution < 1.29 is 92.1 Å². The maximum absolute atomic E-state index is 11.3. The van der Waals surface area contributed by atoms with E-state index in [4.69, 9.17) is 0 Å². The van der Waals surface area contributed by atoms with Gasteiger partial charge in [-0.25, -0.2) is 16.8 Å². The van der Waals surface area contributed by atoms with Crippen LogP contribution in [0.25, 0.3) is 0 Å². The van der Waals surface area contributed by atoms with E-state index in [-0.39, 0.29) is 88.8 Å². The van der Waals surface area contributed by atoms with Crippen molar-refractivity contribution in [3.05, 3.63) is 71.5 Å². The van der Waals surface area contributed by atoms with Crippen molar-refractivity contribution in [2.45, 2.75) is 51.4 Å². The van der Waals surface area contributed by atoms with Crippen molar-refractivity contribution in [3.63, 3.8) is 0 Å². The minimum atomic E-state index is -4.37. The van der Waals surface area contributed by atoms with Crippen LogP contribution in [0.1, 0.15) is 51.7 Å². The van der Waals surface area contributed by atoms with Gasteiger partial charge in [0.2, 0.25) is 5.69 Å². The average Bonchev–Trinajstić information content (AvgIpc) is 3.16. The molecule has 4 rings (SSSR count). The van der Waals surface area contributed by atoms with Gasteiger partial charge in [-0.15, -0.1) is 0 Å². The summed E-state index contributed by atoms with van der Waals surface area (Å²) >= 11 is 0. The Morgan fingerprint density at radius 1 is 0.857 bits per heavy atom. The zero-order valence-corrected chi connectivity index (χ0v) is 29.2. The van der Waals surface area contributed by atoms with Gasteiger partial charge in [-0.3, -0.25) is 0 Å². The first-order valence-electron chi connectivity index (χ1n) is 13.3.